The van der Waals surface area contributed by atoms with Gasteiger partial charge in [-0.05, 0) is 101 Å². The second-order valence-corrected chi connectivity index (χ2v) is 10.1. The number of rotatable bonds is 5. The molecule has 2 aromatic carbocycles. The van der Waals surface area contributed by atoms with Crippen LogP contribution in [-0.4, -0.2) is 49.1 Å². The van der Waals surface area contributed by atoms with Gasteiger partial charge >= 0.3 is 0 Å². The quantitative estimate of drug-likeness (QED) is 0.537. The largest absolute Gasteiger partial charge is 0.306 e. The minimum absolute atomic E-state index is 0.0322. The number of piperidine rings is 1. The molecular formula is C25H31Cl2FN2. The summed E-state index contributed by atoms with van der Waals surface area (Å²) in [6, 6.07) is 14.1. The van der Waals surface area contributed by atoms with Crippen LogP contribution in [-0.2, 0) is 11.8 Å². The lowest BCUT2D eigenvalue weighted by Gasteiger charge is -2.39. The van der Waals surface area contributed by atoms with Crippen LogP contribution in [0.1, 0.15) is 43.2 Å². The first kappa shape index (κ1) is 22.1. The fraction of sp³-hybridized carbons (Fsp3) is 0.520. The van der Waals surface area contributed by atoms with Gasteiger partial charge in [0.25, 0.3) is 0 Å². The third-order valence-electron chi connectivity index (χ3n) is 7.42. The summed E-state index contributed by atoms with van der Waals surface area (Å²) < 4.78 is 13.7. The molecule has 2 aliphatic rings. The summed E-state index contributed by atoms with van der Waals surface area (Å²) in [5.74, 6) is -0.184. The van der Waals surface area contributed by atoms with Gasteiger partial charge in [-0.1, -0.05) is 41.4 Å². The molecule has 1 saturated heterocycles. The van der Waals surface area contributed by atoms with Gasteiger partial charge in [-0.15, -0.1) is 0 Å². The van der Waals surface area contributed by atoms with Crippen molar-refractivity contribution in [1.82, 2.24) is 9.80 Å². The molecule has 1 heterocycles. The zero-order valence-electron chi connectivity index (χ0n) is 17.9. The van der Waals surface area contributed by atoms with E-state index in [4.69, 9.17) is 23.2 Å². The van der Waals surface area contributed by atoms with E-state index in [1.165, 1.54) is 31.5 Å². The van der Waals surface area contributed by atoms with E-state index in [9.17, 15) is 4.39 Å². The van der Waals surface area contributed by atoms with Crippen LogP contribution in [0.5, 0.6) is 0 Å². The molecule has 2 aromatic rings. The Morgan fingerprint density at radius 1 is 1.03 bits per heavy atom. The van der Waals surface area contributed by atoms with Gasteiger partial charge in [-0.3, -0.25) is 0 Å². The Balaban J connectivity index is 1.59. The van der Waals surface area contributed by atoms with E-state index in [1.807, 2.05) is 30.3 Å². The van der Waals surface area contributed by atoms with Gasteiger partial charge in [0.15, 0.2) is 0 Å². The average molecular weight is 449 g/mol. The third-order valence-corrected chi connectivity index (χ3v) is 8.01. The van der Waals surface area contributed by atoms with Crippen LogP contribution in [0.25, 0.3) is 0 Å². The SMILES string of the molecule is CN1CCC(N(C)C2CCC(Cc3ccc(Cl)cc3Cl)(c3ccc(F)cc3)C2)CC1. The predicted octanol–water partition coefficient (Wildman–Crippen LogP) is 6.19. The summed E-state index contributed by atoms with van der Waals surface area (Å²) in [6.07, 6.45) is 6.63. The van der Waals surface area contributed by atoms with Gasteiger partial charge in [-0.2, -0.15) is 0 Å². The average Bonchev–Trinajstić information content (AvgIpc) is 3.16. The predicted molar refractivity (Wildman–Crippen MR) is 124 cm³/mol. The smallest absolute Gasteiger partial charge is 0.123 e. The fourth-order valence-corrected chi connectivity index (χ4v) is 5.98. The second kappa shape index (κ2) is 9.16. The molecular weight excluding hydrogens is 418 g/mol. The fourth-order valence-electron chi connectivity index (χ4n) is 5.50. The van der Waals surface area contributed by atoms with Gasteiger partial charge in [-0.25, -0.2) is 4.39 Å². The highest BCUT2D eigenvalue weighted by Crippen LogP contribution is 2.46. The molecule has 1 aliphatic heterocycles. The van der Waals surface area contributed by atoms with Gasteiger partial charge < -0.3 is 9.80 Å². The third kappa shape index (κ3) is 4.70. The van der Waals surface area contributed by atoms with Gasteiger partial charge in [0, 0.05) is 27.5 Å². The van der Waals surface area contributed by atoms with Gasteiger partial charge in [0.05, 0.1) is 0 Å². The molecule has 1 saturated carbocycles. The van der Waals surface area contributed by atoms with Gasteiger partial charge in [0.1, 0.15) is 5.82 Å². The first-order valence-electron chi connectivity index (χ1n) is 11.0. The van der Waals surface area contributed by atoms with E-state index in [2.05, 4.69) is 23.9 Å². The summed E-state index contributed by atoms with van der Waals surface area (Å²) in [7, 11) is 4.51. The molecule has 1 aliphatic carbocycles. The Hall–Kier alpha value is -1.13. The molecule has 30 heavy (non-hydrogen) atoms. The molecule has 4 rings (SSSR count). The van der Waals surface area contributed by atoms with Crippen molar-refractivity contribution in [3.63, 3.8) is 0 Å². The number of likely N-dealkylation sites (tertiary alicyclic amines) is 1. The van der Waals surface area contributed by atoms with Crippen molar-refractivity contribution in [2.45, 2.75) is 56.0 Å². The maximum Gasteiger partial charge on any atom is 0.123 e. The second-order valence-electron chi connectivity index (χ2n) is 9.30. The lowest BCUT2D eigenvalue weighted by molar-refractivity contribution is 0.106. The number of benzene rings is 2. The highest BCUT2D eigenvalue weighted by atomic mass is 35.5. The molecule has 2 unspecified atom stereocenters. The number of halogens is 3. The maximum absolute atomic E-state index is 13.7. The molecule has 0 N–H and O–H groups in total. The molecule has 2 atom stereocenters. The molecule has 0 radical (unpaired) electrons. The van der Waals surface area contributed by atoms with E-state index in [-0.39, 0.29) is 11.2 Å². The lowest BCUT2D eigenvalue weighted by Crippen LogP contribution is -2.46. The summed E-state index contributed by atoms with van der Waals surface area (Å²) in [5.41, 5.74) is 2.30. The van der Waals surface area contributed by atoms with Crippen molar-refractivity contribution >= 4 is 23.2 Å². The molecule has 162 valence electrons. The minimum atomic E-state index is -0.184. The van der Waals surface area contributed by atoms with Crippen molar-refractivity contribution < 1.29 is 4.39 Å². The van der Waals surface area contributed by atoms with E-state index < -0.39 is 0 Å². The topological polar surface area (TPSA) is 6.48 Å². The minimum Gasteiger partial charge on any atom is -0.306 e. The number of nitrogens with zero attached hydrogens (tertiary/aromatic N) is 2. The molecule has 0 bridgehead atoms. The Morgan fingerprint density at radius 3 is 2.40 bits per heavy atom. The molecule has 5 heteroatoms. The van der Waals surface area contributed by atoms with Crippen molar-refractivity contribution in [1.29, 1.82) is 0 Å². The Labute approximate surface area is 190 Å². The molecule has 2 nitrogen and oxygen atoms in total. The van der Waals surface area contributed by atoms with Crippen LogP contribution in [0.15, 0.2) is 42.5 Å². The molecule has 0 aromatic heterocycles. The zero-order valence-corrected chi connectivity index (χ0v) is 19.4. The van der Waals surface area contributed by atoms with Crippen molar-refractivity contribution in [3.8, 4) is 0 Å². The van der Waals surface area contributed by atoms with E-state index in [0.717, 1.165) is 36.3 Å². The summed E-state index contributed by atoms with van der Waals surface area (Å²) in [4.78, 5) is 5.05. The maximum atomic E-state index is 13.7. The van der Waals surface area contributed by atoms with Crippen LogP contribution < -0.4 is 0 Å². The molecule has 0 spiro atoms. The van der Waals surface area contributed by atoms with E-state index in [0.29, 0.717) is 17.1 Å². The molecule has 0 amide bonds. The Bertz CT molecular complexity index is 864. The van der Waals surface area contributed by atoms with Crippen LogP contribution in [0.4, 0.5) is 4.39 Å². The van der Waals surface area contributed by atoms with Gasteiger partial charge in [0.2, 0.25) is 0 Å². The Morgan fingerprint density at radius 2 is 1.73 bits per heavy atom. The number of hydrogen-bond donors (Lipinski definition) is 0. The summed E-state index contributed by atoms with van der Waals surface area (Å²) in [6.45, 7) is 2.34. The monoisotopic (exact) mass is 448 g/mol. The van der Waals surface area contributed by atoms with Crippen molar-refractivity contribution in [2.24, 2.45) is 0 Å². The summed E-state index contributed by atoms with van der Waals surface area (Å²) in [5, 5.41) is 1.38. The summed E-state index contributed by atoms with van der Waals surface area (Å²) >= 11 is 12.7. The van der Waals surface area contributed by atoms with Crippen LogP contribution >= 0.6 is 23.2 Å². The first-order valence-corrected chi connectivity index (χ1v) is 11.7. The van der Waals surface area contributed by atoms with Crippen molar-refractivity contribution in [3.05, 3.63) is 69.5 Å². The van der Waals surface area contributed by atoms with E-state index >= 15 is 0 Å². The van der Waals surface area contributed by atoms with Crippen LogP contribution in [0.3, 0.4) is 0 Å². The normalized spacial score (nSPS) is 25.9. The van der Waals surface area contributed by atoms with E-state index in [1.54, 1.807) is 12.1 Å². The highest BCUT2D eigenvalue weighted by Gasteiger charge is 2.43. The van der Waals surface area contributed by atoms with Crippen molar-refractivity contribution in [2.75, 3.05) is 27.2 Å². The highest BCUT2D eigenvalue weighted by molar-refractivity contribution is 6.35. The van der Waals surface area contributed by atoms with Crippen LogP contribution in [0.2, 0.25) is 10.0 Å². The zero-order chi connectivity index (χ0) is 21.3. The van der Waals surface area contributed by atoms with Crippen LogP contribution in [0, 0.1) is 5.82 Å². The lowest BCUT2D eigenvalue weighted by atomic mass is 9.74. The molecule has 2 fully saturated rings. The number of hydrogen-bond acceptors (Lipinski definition) is 2. The standard InChI is InChI=1S/C25H31Cl2FN2/c1-29-13-10-22(11-14-29)30(2)23-9-12-25(17-23,19-4-7-21(28)8-5-19)16-18-3-6-20(26)15-24(18)27/h3-8,15,22-23H,9-14,16-17H2,1-2H3. The first-order chi connectivity index (χ1) is 14.4. The Kier molecular flexibility index (Phi) is 6.74.